The smallest absolute Gasteiger partial charge is 0.267 e. The van der Waals surface area contributed by atoms with Crippen molar-refractivity contribution in [3.05, 3.63) is 59.3 Å². The van der Waals surface area contributed by atoms with E-state index in [1.54, 1.807) is 6.08 Å². The van der Waals surface area contributed by atoms with Crippen molar-refractivity contribution in [3.63, 3.8) is 0 Å². The second kappa shape index (κ2) is 9.66. The number of rotatable bonds is 7. The van der Waals surface area contributed by atoms with Crippen LogP contribution in [0.4, 0.5) is 0 Å². The molecule has 1 aromatic carbocycles. The van der Waals surface area contributed by atoms with Gasteiger partial charge in [0.05, 0.1) is 25.4 Å². The molecule has 27 heavy (non-hydrogen) atoms. The fourth-order valence-electron chi connectivity index (χ4n) is 3.27. The molecule has 5 N–H and O–H groups in total. The predicted octanol–water partition coefficient (Wildman–Crippen LogP) is -0.0787. The van der Waals surface area contributed by atoms with Crippen LogP contribution in [0.1, 0.15) is 5.56 Å². The van der Waals surface area contributed by atoms with Gasteiger partial charge in [-0.1, -0.05) is 36.4 Å². The van der Waals surface area contributed by atoms with Crippen LogP contribution >= 0.6 is 0 Å². The number of carbonyl (C=O) groups excluding carboxylic acids is 1. The molecule has 2 unspecified atom stereocenters. The van der Waals surface area contributed by atoms with Crippen molar-refractivity contribution >= 4 is 5.91 Å². The minimum atomic E-state index is -0.204. The number of nitrogens with two attached hydrogens (primary N) is 1. The molecule has 0 saturated carbocycles. The zero-order chi connectivity index (χ0) is 19.1. The van der Waals surface area contributed by atoms with Gasteiger partial charge in [-0.3, -0.25) is 9.69 Å². The summed E-state index contributed by atoms with van der Waals surface area (Å²) in [6.45, 7) is 4.19. The average Bonchev–Trinajstić information content (AvgIpc) is 2.73. The van der Waals surface area contributed by atoms with E-state index in [1.807, 2.05) is 19.2 Å². The van der Waals surface area contributed by atoms with Crippen LogP contribution in [0.15, 0.2) is 53.8 Å². The monoisotopic (exact) mass is 371 g/mol. The summed E-state index contributed by atoms with van der Waals surface area (Å²) >= 11 is 0. The lowest BCUT2D eigenvalue weighted by molar-refractivity contribution is -0.118. The minimum Gasteiger partial charge on any atom is -0.378 e. The Bertz CT molecular complexity index is 689. The van der Waals surface area contributed by atoms with Crippen molar-refractivity contribution < 1.29 is 9.53 Å². The standard InChI is InChI=1S/C20H29N5O2/c1-22-19(21)16-7-8-18(23-11-16)20(26)24-12-17-14-27-10-9-25(17)13-15-5-3-2-4-6-15/h2-8,17,19,22-23H,9-14,21H2,1H3,(H,24,26). The molecule has 146 valence electrons. The molecule has 1 amide bonds. The number of hydrogen-bond donors (Lipinski definition) is 4. The number of benzene rings is 1. The normalized spacial score (nSPS) is 21.6. The van der Waals surface area contributed by atoms with Crippen LogP contribution in [-0.2, 0) is 16.1 Å². The van der Waals surface area contributed by atoms with Gasteiger partial charge < -0.3 is 26.4 Å². The lowest BCUT2D eigenvalue weighted by Gasteiger charge is -2.35. The van der Waals surface area contributed by atoms with Gasteiger partial charge in [0, 0.05) is 26.2 Å². The molecule has 2 aliphatic rings. The van der Waals surface area contributed by atoms with E-state index in [0.29, 0.717) is 25.4 Å². The van der Waals surface area contributed by atoms with Crippen molar-refractivity contribution in [1.29, 1.82) is 0 Å². The Hall–Kier alpha value is -2.19. The zero-order valence-electron chi connectivity index (χ0n) is 15.8. The number of morpholine rings is 1. The molecule has 0 bridgehead atoms. The molecule has 1 saturated heterocycles. The Balaban J connectivity index is 1.54. The highest BCUT2D eigenvalue weighted by atomic mass is 16.5. The molecular weight excluding hydrogens is 342 g/mol. The highest BCUT2D eigenvalue weighted by molar-refractivity contribution is 5.93. The van der Waals surface area contributed by atoms with Gasteiger partial charge in [-0.2, -0.15) is 0 Å². The third kappa shape index (κ3) is 5.40. The van der Waals surface area contributed by atoms with Crippen molar-refractivity contribution in [3.8, 4) is 0 Å². The van der Waals surface area contributed by atoms with Crippen LogP contribution in [0.3, 0.4) is 0 Å². The van der Waals surface area contributed by atoms with Gasteiger partial charge in [0.1, 0.15) is 5.70 Å². The number of hydrogen-bond acceptors (Lipinski definition) is 6. The fraction of sp³-hybridized carbons (Fsp3) is 0.450. The van der Waals surface area contributed by atoms with Gasteiger partial charge in [-0.05, 0) is 24.3 Å². The molecule has 1 fully saturated rings. The predicted molar refractivity (Wildman–Crippen MR) is 106 cm³/mol. The van der Waals surface area contributed by atoms with Crippen molar-refractivity contribution in [1.82, 2.24) is 20.9 Å². The molecule has 0 aromatic heterocycles. The summed E-state index contributed by atoms with van der Waals surface area (Å²) in [7, 11) is 1.81. The SMILES string of the molecule is CNC(N)C1=CC=C(C(=O)NCC2COCCN2Cc2ccccc2)NC1. The number of nitrogens with zero attached hydrogens (tertiary/aromatic N) is 1. The molecule has 0 spiro atoms. The third-order valence-electron chi connectivity index (χ3n) is 4.98. The van der Waals surface area contributed by atoms with Gasteiger partial charge >= 0.3 is 0 Å². The largest absolute Gasteiger partial charge is 0.378 e. The molecule has 2 atom stereocenters. The summed E-state index contributed by atoms with van der Waals surface area (Å²) in [5, 5.41) is 9.16. The number of nitrogens with one attached hydrogen (secondary N) is 3. The van der Waals surface area contributed by atoms with Crippen LogP contribution in [0, 0.1) is 0 Å². The fourth-order valence-corrected chi connectivity index (χ4v) is 3.27. The van der Waals surface area contributed by atoms with E-state index in [1.165, 1.54) is 5.56 Å². The Morgan fingerprint density at radius 3 is 2.89 bits per heavy atom. The number of ether oxygens (including phenoxy) is 1. The molecule has 7 heteroatoms. The van der Waals surface area contributed by atoms with Gasteiger partial charge in [0.25, 0.3) is 5.91 Å². The van der Waals surface area contributed by atoms with E-state index in [4.69, 9.17) is 10.5 Å². The van der Waals surface area contributed by atoms with E-state index in [9.17, 15) is 4.79 Å². The Kier molecular flexibility index (Phi) is 7.00. The van der Waals surface area contributed by atoms with Crippen molar-refractivity contribution in [2.45, 2.75) is 18.8 Å². The third-order valence-corrected chi connectivity index (χ3v) is 4.98. The molecule has 2 aliphatic heterocycles. The number of carbonyl (C=O) groups is 1. The maximum atomic E-state index is 12.5. The summed E-state index contributed by atoms with van der Waals surface area (Å²) in [5.74, 6) is -0.103. The maximum Gasteiger partial charge on any atom is 0.267 e. The average molecular weight is 371 g/mol. The molecule has 2 heterocycles. The number of likely N-dealkylation sites (N-methyl/N-ethyl adjacent to an activating group) is 1. The Morgan fingerprint density at radius 1 is 1.37 bits per heavy atom. The molecule has 0 aliphatic carbocycles. The summed E-state index contributed by atoms with van der Waals surface area (Å²) in [5.41, 5.74) is 8.79. The van der Waals surface area contributed by atoms with Gasteiger partial charge in [-0.25, -0.2) is 0 Å². The van der Waals surface area contributed by atoms with Crippen LogP contribution in [0.5, 0.6) is 0 Å². The van der Waals surface area contributed by atoms with Crippen LogP contribution in [0.2, 0.25) is 0 Å². The first kappa shape index (κ1) is 19.6. The topological polar surface area (TPSA) is 91.6 Å². The van der Waals surface area contributed by atoms with E-state index in [2.05, 4.69) is 45.1 Å². The highest BCUT2D eigenvalue weighted by Gasteiger charge is 2.24. The van der Waals surface area contributed by atoms with E-state index < -0.39 is 0 Å². The van der Waals surface area contributed by atoms with Gasteiger partial charge in [0.2, 0.25) is 0 Å². The second-order valence-electron chi connectivity index (χ2n) is 6.84. The van der Waals surface area contributed by atoms with E-state index >= 15 is 0 Å². The molecule has 3 rings (SSSR count). The first-order chi connectivity index (χ1) is 13.2. The van der Waals surface area contributed by atoms with E-state index in [-0.39, 0.29) is 18.1 Å². The quantitative estimate of drug-likeness (QED) is 0.501. The second-order valence-corrected chi connectivity index (χ2v) is 6.84. The minimum absolute atomic E-state index is 0.103. The summed E-state index contributed by atoms with van der Waals surface area (Å²) in [6, 6.07) is 10.5. The summed E-state index contributed by atoms with van der Waals surface area (Å²) < 4.78 is 5.63. The summed E-state index contributed by atoms with van der Waals surface area (Å²) in [6.07, 6.45) is 3.48. The van der Waals surface area contributed by atoms with Crippen LogP contribution < -0.4 is 21.7 Å². The summed E-state index contributed by atoms with van der Waals surface area (Å²) in [4.78, 5) is 14.8. The number of dihydropyridines is 1. The Morgan fingerprint density at radius 2 is 2.19 bits per heavy atom. The van der Waals surface area contributed by atoms with Gasteiger partial charge in [0.15, 0.2) is 0 Å². The first-order valence-corrected chi connectivity index (χ1v) is 9.38. The van der Waals surface area contributed by atoms with Gasteiger partial charge in [-0.15, -0.1) is 0 Å². The zero-order valence-corrected chi connectivity index (χ0v) is 15.8. The molecule has 7 nitrogen and oxygen atoms in total. The van der Waals surface area contributed by atoms with Crippen LogP contribution in [-0.4, -0.2) is 62.9 Å². The molecular formula is C20H29N5O2. The molecule has 0 radical (unpaired) electrons. The number of amides is 1. The lowest BCUT2D eigenvalue weighted by atomic mass is 10.1. The molecule has 1 aromatic rings. The lowest BCUT2D eigenvalue weighted by Crippen LogP contribution is -2.51. The maximum absolute atomic E-state index is 12.5. The van der Waals surface area contributed by atoms with Crippen molar-refractivity contribution in [2.24, 2.45) is 5.73 Å². The van der Waals surface area contributed by atoms with E-state index in [0.717, 1.165) is 25.3 Å². The number of allylic oxidation sites excluding steroid dienone is 2. The van der Waals surface area contributed by atoms with Crippen molar-refractivity contribution in [2.75, 3.05) is 39.9 Å². The van der Waals surface area contributed by atoms with Crippen LogP contribution in [0.25, 0.3) is 0 Å². The highest BCUT2D eigenvalue weighted by Crippen LogP contribution is 2.12. The Labute approximate surface area is 160 Å². The first-order valence-electron chi connectivity index (χ1n) is 9.38.